The Balaban J connectivity index is 1.78. The van der Waals surface area contributed by atoms with E-state index in [0.717, 1.165) is 11.3 Å². The smallest absolute Gasteiger partial charge is 0.311 e. The highest BCUT2D eigenvalue weighted by Crippen LogP contribution is 2.16. The van der Waals surface area contributed by atoms with Gasteiger partial charge in [-0.3, -0.25) is 19.7 Å². The molecule has 0 aliphatic rings. The number of ether oxygens (including phenoxy) is 2. The van der Waals surface area contributed by atoms with Crippen LogP contribution in [0.3, 0.4) is 0 Å². The van der Waals surface area contributed by atoms with E-state index in [0.29, 0.717) is 5.69 Å². The van der Waals surface area contributed by atoms with Gasteiger partial charge in [-0.1, -0.05) is 18.2 Å². The summed E-state index contributed by atoms with van der Waals surface area (Å²) in [5.74, 6) is -2.25. The maximum absolute atomic E-state index is 13.4. The highest BCUT2D eigenvalue weighted by atomic mass is 32.1. The van der Waals surface area contributed by atoms with E-state index >= 15 is 0 Å². The predicted octanol–water partition coefficient (Wildman–Crippen LogP) is 1.72. The van der Waals surface area contributed by atoms with Crippen LogP contribution in [0.1, 0.15) is 11.3 Å². The molecule has 1 N–H and O–H groups in total. The van der Waals surface area contributed by atoms with E-state index in [1.54, 1.807) is 11.4 Å². The van der Waals surface area contributed by atoms with Crippen LogP contribution in [0, 0.1) is 5.82 Å². The van der Waals surface area contributed by atoms with Crippen molar-refractivity contribution in [2.24, 2.45) is 0 Å². The average Bonchev–Trinajstić information content (AvgIpc) is 3.01. The molecule has 2 aromatic rings. The summed E-state index contributed by atoms with van der Waals surface area (Å²) < 4.78 is 22.8. The molecule has 0 aliphatic heterocycles. The van der Waals surface area contributed by atoms with Crippen molar-refractivity contribution in [3.05, 3.63) is 46.7 Å². The number of amides is 1. The summed E-state index contributed by atoms with van der Waals surface area (Å²) in [6.45, 7) is -0.515. The molecule has 132 valence electrons. The molecule has 0 saturated carbocycles. The van der Waals surface area contributed by atoms with Gasteiger partial charge in [0.25, 0.3) is 5.91 Å². The van der Waals surface area contributed by atoms with Gasteiger partial charge in [-0.15, -0.1) is 11.3 Å². The molecule has 25 heavy (non-hydrogen) atoms. The molecule has 1 aromatic carbocycles. The van der Waals surface area contributed by atoms with E-state index in [-0.39, 0.29) is 23.5 Å². The molecule has 0 saturated heterocycles. The van der Waals surface area contributed by atoms with Gasteiger partial charge in [0.15, 0.2) is 11.7 Å². The second kappa shape index (κ2) is 8.88. The fourth-order valence-corrected chi connectivity index (χ4v) is 2.54. The molecule has 0 fully saturated rings. The Kier molecular flexibility index (Phi) is 6.58. The zero-order valence-corrected chi connectivity index (χ0v) is 14.1. The molecule has 0 aliphatic carbocycles. The van der Waals surface area contributed by atoms with E-state index < -0.39 is 30.3 Å². The van der Waals surface area contributed by atoms with Crippen LogP contribution < -0.4 is 5.32 Å². The van der Waals surface area contributed by atoms with E-state index in [1.807, 2.05) is 0 Å². The zero-order chi connectivity index (χ0) is 18.2. The van der Waals surface area contributed by atoms with Gasteiger partial charge >= 0.3 is 11.9 Å². The lowest BCUT2D eigenvalue weighted by molar-refractivity contribution is -0.146. The molecule has 0 atom stereocenters. The topological polar surface area (TPSA) is 94.6 Å². The number of carbonyl (C=O) groups excluding carboxylic acids is 3. The lowest BCUT2D eigenvalue weighted by Gasteiger charge is -2.05. The number of hydrogen-bond donors (Lipinski definition) is 1. The molecular weight excluding hydrogens is 351 g/mol. The molecule has 7 nitrogen and oxygen atoms in total. The van der Waals surface area contributed by atoms with Gasteiger partial charge in [-0.05, 0) is 11.6 Å². The summed E-state index contributed by atoms with van der Waals surface area (Å²) in [6.07, 6.45) is -0.263. The number of esters is 2. The highest BCUT2D eigenvalue weighted by Gasteiger charge is 2.13. The van der Waals surface area contributed by atoms with Gasteiger partial charge in [-0.25, -0.2) is 9.37 Å². The molecule has 1 heterocycles. The number of nitrogens with one attached hydrogen (secondary N) is 1. The van der Waals surface area contributed by atoms with Crippen molar-refractivity contribution >= 4 is 34.3 Å². The van der Waals surface area contributed by atoms with Crippen LogP contribution >= 0.6 is 11.3 Å². The highest BCUT2D eigenvalue weighted by molar-refractivity contribution is 7.13. The van der Waals surface area contributed by atoms with Crippen molar-refractivity contribution in [3.8, 4) is 0 Å². The van der Waals surface area contributed by atoms with Crippen LogP contribution in [0.15, 0.2) is 29.6 Å². The largest absolute Gasteiger partial charge is 0.469 e. The number of hydrogen-bond acceptors (Lipinski definition) is 7. The molecule has 1 amide bonds. The van der Waals surface area contributed by atoms with Crippen molar-refractivity contribution in [3.63, 3.8) is 0 Å². The number of methoxy groups -OCH3 is 1. The van der Waals surface area contributed by atoms with Crippen molar-refractivity contribution in [1.29, 1.82) is 0 Å². The minimum atomic E-state index is -0.717. The van der Waals surface area contributed by atoms with Crippen LogP contribution in [-0.4, -0.2) is 36.5 Å². The number of rotatable bonds is 7. The third kappa shape index (κ3) is 5.96. The quantitative estimate of drug-likeness (QED) is 0.750. The Bertz CT molecular complexity index is 777. The molecular formula is C16H15FN2O5S. The second-order valence-corrected chi connectivity index (χ2v) is 5.73. The standard InChI is InChI=1S/C16H15FN2O5S/c1-23-14(21)7-11-9-25-16(18-11)19-13(20)8-24-15(22)6-10-4-2-3-5-12(10)17/h2-5,9H,6-8H2,1H3,(H,18,19,20). The summed E-state index contributed by atoms with van der Waals surface area (Å²) in [6, 6.07) is 5.83. The summed E-state index contributed by atoms with van der Waals surface area (Å²) in [7, 11) is 1.27. The van der Waals surface area contributed by atoms with Crippen LogP contribution in [-0.2, 0) is 36.7 Å². The zero-order valence-electron chi connectivity index (χ0n) is 13.3. The van der Waals surface area contributed by atoms with Crippen molar-refractivity contribution in [2.45, 2.75) is 12.8 Å². The molecule has 0 unspecified atom stereocenters. The Morgan fingerprint density at radius 1 is 1.20 bits per heavy atom. The van der Waals surface area contributed by atoms with Crippen LogP contribution in [0.25, 0.3) is 0 Å². The third-order valence-corrected chi connectivity index (χ3v) is 3.81. The lowest BCUT2D eigenvalue weighted by Crippen LogP contribution is -2.21. The van der Waals surface area contributed by atoms with E-state index in [9.17, 15) is 18.8 Å². The lowest BCUT2D eigenvalue weighted by atomic mass is 10.1. The number of thiazole rings is 1. The number of benzene rings is 1. The first-order valence-electron chi connectivity index (χ1n) is 7.18. The molecule has 9 heteroatoms. The fourth-order valence-electron chi connectivity index (χ4n) is 1.82. The van der Waals surface area contributed by atoms with E-state index in [1.165, 1.54) is 25.3 Å². The predicted molar refractivity (Wildman–Crippen MR) is 87.5 cm³/mol. The third-order valence-electron chi connectivity index (χ3n) is 3.01. The second-order valence-electron chi connectivity index (χ2n) is 4.87. The normalized spacial score (nSPS) is 10.2. The minimum Gasteiger partial charge on any atom is -0.469 e. The van der Waals surface area contributed by atoms with Gasteiger partial charge < -0.3 is 9.47 Å². The monoisotopic (exact) mass is 366 g/mol. The number of anilines is 1. The Labute approximate surface area is 146 Å². The summed E-state index contributed by atoms with van der Waals surface area (Å²) in [5.41, 5.74) is 0.656. The molecule has 0 radical (unpaired) electrons. The molecule has 0 spiro atoms. The van der Waals surface area contributed by atoms with Crippen molar-refractivity contribution < 1.29 is 28.2 Å². The van der Waals surface area contributed by atoms with Gasteiger partial charge in [0.05, 0.1) is 25.6 Å². The van der Waals surface area contributed by atoms with Gasteiger partial charge in [-0.2, -0.15) is 0 Å². The van der Waals surface area contributed by atoms with Crippen LogP contribution in [0.4, 0.5) is 9.52 Å². The average molecular weight is 366 g/mol. The van der Waals surface area contributed by atoms with Crippen molar-refractivity contribution in [2.75, 3.05) is 19.0 Å². The van der Waals surface area contributed by atoms with Crippen LogP contribution in [0.5, 0.6) is 0 Å². The molecule has 2 rings (SSSR count). The molecule has 0 bridgehead atoms. The summed E-state index contributed by atoms with van der Waals surface area (Å²) in [5, 5.41) is 4.33. The fraction of sp³-hybridized carbons (Fsp3) is 0.250. The van der Waals surface area contributed by atoms with Gasteiger partial charge in [0.1, 0.15) is 5.82 Å². The van der Waals surface area contributed by atoms with Crippen LogP contribution in [0.2, 0.25) is 0 Å². The Hall–Kier alpha value is -2.81. The summed E-state index contributed by atoms with van der Waals surface area (Å²) in [4.78, 5) is 38.6. The SMILES string of the molecule is COC(=O)Cc1csc(NC(=O)COC(=O)Cc2ccccc2F)n1. The van der Waals surface area contributed by atoms with Gasteiger partial charge in [0, 0.05) is 5.38 Å². The maximum Gasteiger partial charge on any atom is 0.311 e. The van der Waals surface area contributed by atoms with E-state index in [4.69, 9.17) is 4.74 Å². The maximum atomic E-state index is 13.4. The van der Waals surface area contributed by atoms with Crippen molar-refractivity contribution in [1.82, 2.24) is 4.98 Å². The molecule has 1 aromatic heterocycles. The Morgan fingerprint density at radius 2 is 1.96 bits per heavy atom. The van der Waals surface area contributed by atoms with Gasteiger partial charge in [0.2, 0.25) is 0 Å². The Morgan fingerprint density at radius 3 is 2.68 bits per heavy atom. The first kappa shape index (κ1) is 18.5. The number of aromatic nitrogens is 1. The first-order chi connectivity index (χ1) is 12.0. The van der Waals surface area contributed by atoms with E-state index in [2.05, 4.69) is 15.0 Å². The first-order valence-corrected chi connectivity index (χ1v) is 8.06. The number of carbonyl (C=O) groups is 3. The number of halogens is 1. The number of nitrogens with zero attached hydrogens (tertiary/aromatic N) is 1. The minimum absolute atomic E-state index is 0.000492. The summed E-state index contributed by atoms with van der Waals surface area (Å²) >= 11 is 1.13.